The number of ether oxygens (including phenoxy) is 1. The van der Waals surface area contributed by atoms with Crippen LogP contribution in [0.15, 0.2) is 43.0 Å². The summed E-state index contributed by atoms with van der Waals surface area (Å²) in [7, 11) is 0. The summed E-state index contributed by atoms with van der Waals surface area (Å²) in [6, 6.07) is 8.02. The number of hydrogen-bond donors (Lipinski definition) is 2. The maximum atomic E-state index is 11.9. The van der Waals surface area contributed by atoms with Crippen molar-refractivity contribution in [2.45, 2.75) is 12.6 Å². The number of nitrogens with one attached hydrogen (secondary N) is 1. The van der Waals surface area contributed by atoms with Crippen molar-refractivity contribution < 1.29 is 19.4 Å². The number of carboxylic acid groups (broad SMARTS) is 1. The summed E-state index contributed by atoms with van der Waals surface area (Å²) in [6.45, 7) is 3.25. The Morgan fingerprint density at radius 3 is 2.79 bits per heavy atom. The summed E-state index contributed by atoms with van der Waals surface area (Å²) in [5, 5.41) is 23.2. The van der Waals surface area contributed by atoms with Crippen LogP contribution in [0.3, 0.4) is 0 Å². The first-order valence-electron chi connectivity index (χ1n) is 7.14. The van der Waals surface area contributed by atoms with Crippen molar-refractivity contribution in [3.05, 3.63) is 43.0 Å². The zero-order valence-corrected chi connectivity index (χ0v) is 12.8. The van der Waals surface area contributed by atoms with Crippen molar-refractivity contribution in [3.63, 3.8) is 0 Å². The number of benzene rings is 1. The van der Waals surface area contributed by atoms with Gasteiger partial charge in [0.25, 0.3) is 0 Å². The molecule has 0 radical (unpaired) electrons. The summed E-state index contributed by atoms with van der Waals surface area (Å²) in [5.41, 5.74) is 0.769. The van der Waals surface area contributed by atoms with Crippen LogP contribution in [0.1, 0.15) is 0 Å². The lowest BCUT2D eigenvalue weighted by Crippen LogP contribution is -2.45. The van der Waals surface area contributed by atoms with Crippen LogP contribution in [0.25, 0.3) is 11.4 Å². The van der Waals surface area contributed by atoms with E-state index in [4.69, 9.17) is 9.84 Å². The molecule has 1 aromatic carbocycles. The minimum atomic E-state index is -1.19. The first kappa shape index (κ1) is 17.3. The molecule has 1 atom stereocenters. The molecule has 1 heterocycles. The van der Waals surface area contributed by atoms with Gasteiger partial charge in [-0.25, -0.2) is 4.79 Å². The highest BCUT2D eigenvalue weighted by Crippen LogP contribution is 2.11. The molecule has 0 saturated carbocycles. The largest absolute Gasteiger partial charge is 0.480 e. The highest BCUT2D eigenvalue weighted by molar-refractivity contribution is 5.83. The highest BCUT2D eigenvalue weighted by atomic mass is 16.5. The van der Waals surface area contributed by atoms with E-state index in [1.165, 1.54) is 6.08 Å². The molecule has 9 heteroatoms. The summed E-state index contributed by atoms with van der Waals surface area (Å²) in [4.78, 5) is 24.1. The molecule has 0 bridgehead atoms. The SMILES string of the molecule is C=CCOCC(NC(=O)Cn1nnc(-c2ccccc2)n1)C(=O)O. The number of tetrazole rings is 1. The van der Waals surface area contributed by atoms with Gasteiger partial charge in [0.1, 0.15) is 6.54 Å². The minimum absolute atomic E-state index is 0.160. The summed E-state index contributed by atoms with van der Waals surface area (Å²) < 4.78 is 5.06. The molecule has 0 spiro atoms. The van der Waals surface area contributed by atoms with Gasteiger partial charge >= 0.3 is 5.97 Å². The number of hydrogen-bond acceptors (Lipinski definition) is 6. The van der Waals surface area contributed by atoms with E-state index in [9.17, 15) is 9.59 Å². The van der Waals surface area contributed by atoms with E-state index in [1.807, 2.05) is 30.3 Å². The molecule has 0 saturated heterocycles. The van der Waals surface area contributed by atoms with E-state index >= 15 is 0 Å². The smallest absolute Gasteiger partial charge is 0.328 e. The Balaban J connectivity index is 1.93. The molecule has 9 nitrogen and oxygen atoms in total. The van der Waals surface area contributed by atoms with Crippen molar-refractivity contribution in [1.82, 2.24) is 25.5 Å². The summed E-state index contributed by atoms with van der Waals surface area (Å²) >= 11 is 0. The van der Waals surface area contributed by atoms with Gasteiger partial charge in [-0.15, -0.1) is 16.8 Å². The quantitative estimate of drug-likeness (QED) is 0.494. The van der Waals surface area contributed by atoms with Crippen LogP contribution in [0.2, 0.25) is 0 Å². The molecule has 126 valence electrons. The van der Waals surface area contributed by atoms with Crippen LogP contribution in [0.4, 0.5) is 0 Å². The maximum absolute atomic E-state index is 11.9. The van der Waals surface area contributed by atoms with Crippen LogP contribution in [0, 0.1) is 0 Å². The summed E-state index contributed by atoms with van der Waals surface area (Å²) in [6.07, 6.45) is 1.49. The number of nitrogens with zero attached hydrogens (tertiary/aromatic N) is 4. The molecule has 0 aliphatic rings. The number of carboxylic acids is 1. The number of aliphatic carboxylic acids is 1. The molecule has 1 amide bonds. The van der Waals surface area contributed by atoms with Crippen molar-refractivity contribution in [1.29, 1.82) is 0 Å². The molecule has 2 aromatic rings. The van der Waals surface area contributed by atoms with Crippen molar-refractivity contribution >= 4 is 11.9 Å². The summed E-state index contributed by atoms with van der Waals surface area (Å²) in [5.74, 6) is -1.36. The van der Waals surface area contributed by atoms with Crippen molar-refractivity contribution in [2.75, 3.05) is 13.2 Å². The Morgan fingerprint density at radius 1 is 1.38 bits per heavy atom. The van der Waals surface area contributed by atoms with Gasteiger partial charge in [-0.05, 0) is 5.21 Å². The Kier molecular flexibility index (Phi) is 6.15. The van der Waals surface area contributed by atoms with E-state index in [-0.39, 0.29) is 19.8 Å². The lowest BCUT2D eigenvalue weighted by molar-refractivity contribution is -0.143. The van der Waals surface area contributed by atoms with Crippen molar-refractivity contribution in [3.8, 4) is 11.4 Å². The number of carbonyl (C=O) groups is 2. The third kappa shape index (κ3) is 4.99. The van der Waals surface area contributed by atoms with E-state index in [2.05, 4.69) is 27.3 Å². The molecular formula is C15H17N5O4. The predicted octanol–water partition coefficient (Wildman–Crippen LogP) is 0.112. The second-order valence-electron chi connectivity index (χ2n) is 4.79. The first-order valence-corrected chi connectivity index (χ1v) is 7.14. The molecular weight excluding hydrogens is 314 g/mol. The Morgan fingerprint density at radius 2 is 2.12 bits per heavy atom. The Hall–Kier alpha value is -3.07. The lowest BCUT2D eigenvalue weighted by Gasteiger charge is -2.13. The van der Waals surface area contributed by atoms with Gasteiger partial charge in [0.15, 0.2) is 6.04 Å². The number of rotatable bonds is 9. The van der Waals surface area contributed by atoms with Crippen LogP contribution in [-0.4, -0.2) is 56.4 Å². The highest BCUT2D eigenvalue weighted by Gasteiger charge is 2.20. The molecule has 1 unspecified atom stereocenters. The number of amides is 1. The molecule has 1 aromatic heterocycles. The Labute approximate surface area is 137 Å². The fourth-order valence-electron chi connectivity index (χ4n) is 1.83. The molecule has 2 N–H and O–H groups in total. The minimum Gasteiger partial charge on any atom is -0.480 e. The van der Waals surface area contributed by atoms with E-state index < -0.39 is 17.9 Å². The maximum Gasteiger partial charge on any atom is 0.328 e. The van der Waals surface area contributed by atoms with Gasteiger partial charge in [-0.3, -0.25) is 4.79 Å². The van der Waals surface area contributed by atoms with Gasteiger partial charge < -0.3 is 15.2 Å². The van der Waals surface area contributed by atoms with E-state index in [0.29, 0.717) is 5.82 Å². The molecule has 24 heavy (non-hydrogen) atoms. The van der Waals surface area contributed by atoms with Crippen molar-refractivity contribution in [2.24, 2.45) is 0 Å². The monoisotopic (exact) mass is 331 g/mol. The van der Waals surface area contributed by atoms with Crippen LogP contribution < -0.4 is 5.32 Å². The second-order valence-corrected chi connectivity index (χ2v) is 4.79. The van der Waals surface area contributed by atoms with Gasteiger partial charge in [0.05, 0.1) is 13.2 Å². The molecule has 0 aliphatic heterocycles. The zero-order valence-electron chi connectivity index (χ0n) is 12.8. The van der Waals surface area contributed by atoms with Crippen LogP contribution in [0.5, 0.6) is 0 Å². The molecule has 0 aliphatic carbocycles. The fraction of sp³-hybridized carbons (Fsp3) is 0.267. The lowest BCUT2D eigenvalue weighted by atomic mass is 10.2. The van der Waals surface area contributed by atoms with Gasteiger partial charge in [-0.2, -0.15) is 4.80 Å². The Bertz CT molecular complexity index is 701. The third-order valence-electron chi connectivity index (χ3n) is 2.92. The number of aromatic nitrogens is 4. The van der Waals surface area contributed by atoms with E-state index in [0.717, 1.165) is 10.4 Å². The molecule has 0 fully saturated rings. The van der Waals surface area contributed by atoms with E-state index in [1.54, 1.807) is 0 Å². The van der Waals surface area contributed by atoms with Gasteiger partial charge in [-0.1, -0.05) is 36.4 Å². The topological polar surface area (TPSA) is 119 Å². The molecule has 2 rings (SSSR count). The normalized spacial score (nSPS) is 11.7. The first-order chi connectivity index (χ1) is 11.6. The van der Waals surface area contributed by atoms with Crippen LogP contribution >= 0.6 is 0 Å². The van der Waals surface area contributed by atoms with Gasteiger partial charge in [0, 0.05) is 5.56 Å². The fourth-order valence-corrected chi connectivity index (χ4v) is 1.83. The average molecular weight is 331 g/mol. The standard InChI is InChI=1S/C15H17N5O4/c1-2-8-24-10-12(15(22)23)16-13(21)9-20-18-14(17-19-20)11-6-4-3-5-7-11/h2-7,12H,1,8-10H2,(H,16,21)(H,22,23). The van der Waals surface area contributed by atoms with Crippen LogP contribution in [-0.2, 0) is 20.9 Å². The van der Waals surface area contributed by atoms with Gasteiger partial charge in [0.2, 0.25) is 11.7 Å². The number of carbonyl (C=O) groups excluding carboxylic acids is 1. The second kappa shape index (κ2) is 8.53. The third-order valence-corrected chi connectivity index (χ3v) is 2.92. The zero-order chi connectivity index (χ0) is 17.4. The predicted molar refractivity (Wildman–Crippen MR) is 83.8 cm³/mol. The average Bonchev–Trinajstić information content (AvgIpc) is 3.03.